The second-order valence-electron chi connectivity index (χ2n) is 6.29. The fourth-order valence-electron chi connectivity index (χ4n) is 3.69. The molecule has 2 unspecified atom stereocenters. The van der Waals surface area contributed by atoms with Crippen LogP contribution in [0.4, 0.5) is 5.82 Å². The van der Waals surface area contributed by atoms with E-state index < -0.39 is 0 Å². The monoisotopic (exact) mass is 294 g/mol. The number of anilines is 1. The van der Waals surface area contributed by atoms with Gasteiger partial charge in [0.05, 0.1) is 6.20 Å². The van der Waals surface area contributed by atoms with Crippen LogP contribution < -0.4 is 4.90 Å². The van der Waals surface area contributed by atoms with Gasteiger partial charge in [0.2, 0.25) is 0 Å². The van der Waals surface area contributed by atoms with Gasteiger partial charge in [-0.15, -0.1) is 5.10 Å². The molecule has 2 aliphatic rings. The van der Waals surface area contributed by atoms with Crippen molar-refractivity contribution < 1.29 is 0 Å². The molecule has 1 aromatic carbocycles. The lowest BCUT2D eigenvalue weighted by Gasteiger charge is -2.32. The molecule has 2 atom stereocenters. The highest BCUT2D eigenvalue weighted by atomic mass is 15.3. The minimum absolute atomic E-state index is 0.618. The molecule has 2 aromatic rings. The molecular weight excluding hydrogens is 272 g/mol. The van der Waals surface area contributed by atoms with Crippen molar-refractivity contribution in [2.45, 2.75) is 25.3 Å². The van der Waals surface area contributed by atoms with Gasteiger partial charge in [0.1, 0.15) is 0 Å². The Kier molecular flexibility index (Phi) is 3.77. The number of benzene rings is 1. The smallest absolute Gasteiger partial charge is 0.152 e. The summed E-state index contributed by atoms with van der Waals surface area (Å²) in [6.45, 7) is 4.71. The Morgan fingerprint density at radius 2 is 1.82 bits per heavy atom. The van der Waals surface area contributed by atoms with Crippen molar-refractivity contribution in [3.8, 4) is 11.1 Å². The fourth-order valence-corrected chi connectivity index (χ4v) is 3.69. The predicted molar refractivity (Wildman–Crippen MR) is 88.9 cm³/mol. The normalized spacial score (nSPS) is 24.8. The lowest BCUT2D eigenvalue weighted by Crippen LogP contribution is -2.39. The molecular formula is C18H22N4. The first-order valence-electron chi connectivity index (χ1n) is 8.27. The topological polar surface area (TPSA) is 32.3 Å². The molecule has 4 nitrogen and oxygen atoms in total. The lowest BCUT2D eigenvalue weighted by molar-refractivity contribution is 0.298. The van der Waals surface area contributed by atoms with Crippen LogP contribution in [0.2, 0.25) is 0 Å². The maximum absolute atomic E-state index is 4.43. The third kappa shape index (κ3) is 2.71. The number of hydrogen-bond acceptors (Lipinski definition) is 4. The number of nitrogens with zero attached hydrogens (tertiary/aromatic N) is 4. The molecule has 2 bridgehead atoms. The Morgan fingerprint density at radius 3 is 2.73 bits per heavy atom. The lowest BCUT2D eigenvalue weighted by atomic mass is 10.1. The van der Waals surface area contributed by atoms with Crippen LogP contribution in [0.25, 0.3) is 11.1 Å². The maximum Gasteiger partial charge on any atom is 0.152 e. The maximum atomic E-state index is 4.43. The zero-order valence-electron chi connectivity index (χ0n) is 12.9. The summed E-state index contributed by atoms with van der Waals surface area (Å²) in [5.41, 5.74) is 2.36. The van der Waals surface area contributed by atoms with Gasteiger partial charge >= 0.3 is 0 Å². The van der Waals surface area contributed by atoms with Gasteiger partial charge in [-0.05, 0) is 37.4 Å². The largest absolute Gasteiger partial charge is 0.351 e. The summed E-state index contributed by atoms with van der Waals surface area (Å²) in [6.07, 6.45) is 5.68. The summed E-state index contributed by atoms with van der Waals surface area (Å²) in [5, 5.41) is 8.70. The molecule has 0 N–H and O–H groups in total. The molecule has 2 saturated heterocycles. The van der Waals surface area contributed by atoms with Crippen LogP contribution in [0.1, 0.15) is 19.3 Å². The van der Waals surface area contributed by atoms with Gasteiger partial charge < -0.3 is 9.80 Å². The predicted octanol–water partition coefficient (Wildman–Crippen LogP) is 2.82. The molecule has 0 spiro atoms. The van der Waals surface area contributed by atoms with Crippen LogP contribution in [-0.4, -0.2) is 47.3 Å². The van der Waals surface area contributed by atoms with Crippen molar-refractivity contribution in [3.63, 3.8) is 0 Å². The Balaban J connectivity index is 1.65. The molecule has 114 valence electrons. The minimum Gasteiger partial charge on any atom is -0.351 e. The van der Waals surface area contributed by atoms with Crippen molar-refractivity contribution >= 4 is 5.82 Å². The van der Waals surface area contributed by atoms with E-state index in [0.717, 1.165) is 24.5 Å². The van der Waals surface area contributed by atoms with E-state index in [2.05, 4.69) is 50.3 Å². The van der Waals surface area contributed by atoms with Crippen LogP contribution in [0.15, 0.2) is 42.6 Å². The first kappa shape index (κ1) is 13.7. The first-order valence-corrected chi connectivity index (χ1v) is 8.27. The van der Waals surface area contributed by atoms with Crippen LogP contribution in [0.5, 0.6) is 0 Å². The number of rotatable bonds is 2. The molecule has 3 heterocycles. The van der Waals surface area contributed by atoms with E-state index in [4.69, 9.17) is 0 Å². The van der Waals surface area contributed by atoms with Crippen molar-refractivity contribution in [1.29, 1.82) is 0 Å². The molecule has 0 amide bonds. The van der Waals surface area contributed by atoms with Gasteiger partial charge in [0, 0.05) is 31.2 Å². The summed E-state index contributed by atoms with van der Waals surface area (Å²) >= 11 is 0. The van der Waals surface area contributed by atoms with Gasteiger partial charge in [-0.25, -0.2) is 0 Å². The summed E-state index contributed by atoms with van der Waals surface area (Å²) in [4.78, 5) is 5.08. The van der Waals surface area contributed by atoms with Crippen molar-refractivity contribution in [2.24, 2.45) is 0 Å². The first-order chi connectivity index (χ1) is 10.9. The molecule has 0 radical (unpaired) electrons. The number of aromatic nitrogens is 2. The van der Waals surface area contributed by atoms with Crippen LogP contribution in [0, 0.1) is 0 Å². The highest BCUT2D eigenvalue weighted by Gasteiger charge is 2.28. The van der Waals surface area contributed by atoms with E-state index in [0.29, 0.717) is 6.04 Å². The van der Waals surface area contributed by atoms with Crippen LogP contribution in [0.3, 0.4) is 0 Å². The third-order valence-electron chi connectivity index (χ3n) is 4.93. The van der Waals surface area contributed by atoms with Crippen LogP contribution >= 0.6 is 0 Å². The molecule has 2 aliphatic heterocycles. The Labute approximate surface area is 131 Å². The zero-order valence-corrected chi connectivity index (χ0v) is 12.9. The molecule has 22 heavy (non-hydrogen) atoms. The number of fused-ring (bicyclic) bond motifs is 3. The Hall–Kier alpha value is -1.94. The second kappa shape index (κ2) is 6.05. The summed E-state index contributed by atoms with van der Waals surface area (Å²) in [6, 6.07) is 13.3. The highest BCUT2D eigenvalue weighted by Crippen LogP contribution is 2.27. The molecule has 0 saturated carbocycles. The van der Waals surface area contributed by atoms with E-state index in [1.807, 2.05) is 12.3 Å². The van der Waals surface area contributed by atoms with E-state index in [1.54, 1.807) is 0 Å². The van der Waals surface area contributed by atoms with Gasteiger partial charge in [-0.2, -0.15) is 5.10 Å². The Morgan fingerprint density at radius 1 is 0.909 bits per heavy atom. The third-order valence-corrected chi connectivity index (χ3v) is 4.93. The van der Waals surface area contributed by atoms with E-state index in [1.165, 1.54) is 37.9 Å². The van der Waals surface area contributed by atoms with E-state index in [9.17, 15) is 0 Å². The molecule has 0 aliphatic carbocycles. The Bertz CT molecular complexity index is 628. The fraction of sp³-hybridized carbons (Fsp3) is 0.444. The summed E-state index contributed by atoms with van der Waals surface area (Å²) < 4.78 is 0. The average Bonchev–Trinajstić information content (AvgIpc) is 2.92. The second-order valence-corrected chi connectivity index (χ2v) is 6.29. The molecule has 4 heteroatoms. The van der Waals surface area contributed by atoms with Crippen molar-refractivity contribution in [2.75, 3.05) is 31.1 Å². The van der Waals surface area contributed by atoms with Gasteiger partial charge in [-0.3, -0.25) is 0 Å². The van der Waals surface area contributed by atoms with Gasteiger partial charge in [0.15, 0.2) is 5.82 Å². The van der Waals surface area contributed by atoms with Crippen molar-refractivity contribution in [3.05, 3.63) is 42.6 Å². The average molecular weight is 294 g/mol. The molecule has 2 fully saturated rings. The SMILES string of the molecule is c1ccc(-c2cnnc(N3CCN4CCCC3CC4)c2)cc1. The molecule has 1 aromatic heterocycles. The van der Waals surface area contributed by atoms with Gasteiger partial charge in [-0.1, -0.05) is 30.3 Å². The minimum atomic E-state index is 0.618. The quantitative estimate of drug-likeness (QED) is 0.852. The molecule has 4 rings (SSSR count). The number of hydrogen-bond donors (Lipinski definition) is 0. The van der Waals surface area contributed by atoms with Crippen LogP contribution in [-0.2, 0) is 0 Å². The summed E-state index contributed by atoms with van der Waals surface area (Å²) in [7, 11) is 0. The van der Waals surface area contributed by atoms with Gasteiger partial charge in [0.25, 0.3) is 0 Å². The van der Waals surface area contributed by atoms with Crippen molar-refractivity contribution in [1.82, 2.24) is 15.1 Å². The standard InChI is InChI=1S/C18H22N4/c1-2-5-15(6-3-1)16-13-18(20-19-14-16)22-12-11-21-9-4-7-17(22)8-10-21/h1-3,5-6,13-14,17H,4,7-12H2. The van der Waals surface area contributed by atoms with E-state index >= 15 is 0 Å². The highest BCUT2D eigenvalue weighted by molar-refractivity contribution is 5.65. The summed E-state index contributed by atoms with van der Waals surface area (Å²) in [5.74, 6) is 1.04. The zero-order chi connectivity index (χ0) is 14.8. The van der Waals surface area contributed by atoms with E-state index in [-0.39, 0.29) is 0 Å².